The highest BCUT2D eigenvalue weighted by Gasteiger charge is 2.53. The summed E-state index contributed by atoms with van der Waals surface area (Å²) >= 11 is 0. The van der Waals surface area contributed by atoms with E-state index in [1.54, 1.807) is 0 Å². The second-order valence-corrected chi connectivity index (χ2v) is 14.8. The number of carbonyl (C=O) groups is 5. The van der Waals surface area contributed by atoms with Crippen LogP contribution >= 0.6 is 0 Å². The molecule has 0 amide bonds. The number of aromatic carboxylic acids is 1. The number of phenolic OH excluding ortho intramolecular Hbond substituents is 14. The SMILES string of the molecule is O=C(O)c1cc(O)c(O)c(O)c1Oc1c(O)cc2c(c1O)-c1c(cc(O)c(O)c1O)C(=O)OC(C1OC(=O)c3cc(O)c(O)c(O)c3-c3c(O)c(O)c(O)c4c3C(=O)OC1C4O)C(O)COC2=O. The molecule has 5 aromatic rings. The molecule has 0 fully saturated rings. The summed E-state index contributed by atoms with van der Waals surface area (Å²) in [4.78, 5) is 68.4. The highest BCUT2D eigenvalue weighted by molar-refractivity contribution is 6.11. The molecule has 4 aliphatic heterocycles. The lowest BCUT2D eigenvalue weighted by Gasteiger charge is -2.40. The molecule has 354 valence electrons. The Hall–Kier alpha value is -9.63. The minimum atomic E-state index is -2.68. The maximum Gasteiger partial charge on any atom is 0.339 e. The number of hydrogen-bond donors (Lipinski definition) is 17. The number of cyclic esters (lactones) is 2. The van der Waals surface area contributed by atoms with E-state index in [4.69, 9.17) is 23.7 Å². The molecule has 0 radical (unpaired) electrons. The van der Waals surface area contributed by atoms with Crippen LogP contribution in [0.15, 0.2) is 24.3 Å². The van der Waals surface area contributed by atoms with Crippen LogP contribution in [-0.4, -0.2) is 148 Å². The lowest BCUT2D eigenvalue weighted by molar-refractivity contribution is -0.153. The van der Waals surface area contributed by atoms with Crippen LogP contribution in [-0.2, 0) is 18.9 Å². The predicted octanol–water partition coefficient (Wildman–Crippen LogP) is 1.26. The highest BCUT2D eigenvalue weighted by atomic mass is 16.6. The largest absolute Gasteiger partial charge is 0.504 e. The van der Waals surface area contributed by atoms with E-state index < -0.39 is 215 Å². The molecule has 4 bridgehead atoms. The van der Waals surface area contributed by atoms with Gasteiger partial charge in [0.25, 0.3) is 0 Å². The van der Waals surface area contributed by atoms with Crippen LogP contribution in [0, 0.1) is 0 Å². The number of aromatic hydroxyl groups is 14. The number of aliphatic hydroxyl groups is 2. The number of carbonyl (C=O) groups excluding carboxylic acids is 4. The fourth-order valence-corrected chi connectivity index (χ4v) is 7.78. The Kier molecular flexibility index (Phi) is 10.3. The molecule has 9 rings (SSSR count). The van der Waals surface area contributed by atoms with Gasteiger partial charge in [-0.25, -0.2) is 24.0 Å². The number of esters is 4. The Bertz CT molecular complexity index is 3140. The van der Waals surface area contributed by atoms with Crippen LogP contribution < -0.4 is 4.74 Å². The number of fused-ring (bicyclic) bond motifs is 6. The molecule has 4 aliphatic rings. The first-order valence-electron chi connectivity index (χ1n) is 18.7. The third-order valence-electron chi connectivity index (χ3n) is 11.0. The summed E-state index contributed by atoms with van der Waals surface area (Å²) in [5, 5.41) is 184. The van der Waals surface area contributed by atoms with Crippen molar-refractivity contribution in [1.29, 1.82) is 0 Å². The number of ether oxygens (including phenoxy) is 5. The summed E-state index contributed by atoms with van der Waals surface area (Å²) < 4.78 is 26.8. The smallest absolute Gasteiger partial charge is 0.339 e. The minimum Gasteiger partial charge on any atom is -0.504 e. The lowest BCUT2D eigenvalue weighted by Crippen LogP contribution is -2.55. The minimum absolute atomic E-state index is 0.302. The molecule has 5 unspecified atom stereocenters. The van der Waals surface area contributed by atoms with Gasteiger partial charge in [0.15, 0.2) is 75.8 Å². The second-order valence-electron chi connectivity index (χ2n) is 14.8. The molecule has 27 nitrogen and oxygen atoms in total. The van der Waals surface area contributed by atoms with Crippen molar-refractivity contribution >= 4 is 29.8 Å². The van der Waals surface area contributed by atoms with Gasteiger partial charge < -0.3 is 110 Å². The first-order valence-corrected chi connectivity index (χ1v) is 18.7. The van der Waals surface area contributed by atoms with Gasteiger partial charge in [0, 0.05) is 33.9 Å². The fourth-order valence-electron chi connectivity index (χ4n) is 7.78. The Morgan fingerprint density at radius 3 is 1.49 bits per heavy atom. The van der Waals surface area contributed by atoms with Gasteiger partial charge in [-0.2, -0.15) is 0 Å². The third kappa shape index (κ3) is 6.48. The van der Waals surface area contributed by atoms with Gasteiger partial charge in [-0.05, 0) is 18.2 Å². The van der Waals surface area contributed by atoms with E-state index in [0.717, 1.165) is 0 Å². The molecule has 4 heterocycles. The number of hydrogen-bond acceptors (Lipinski definition) is 26. The molecule has 0 saturated carbocycles. The number of aliphatic hydroxyl groups excluding tert-OH is 2. The van der Waals surface area contributed by atoms with E-state index in [-0.39, 0.29) is 0 Å². The number of phenols is 14. The van der Waals surface area contributed by atoms with Crippen molar-refractivity contribution in [2.24, 2.45) is 0 Å². The molecule has 5 atom stereocenters. The van der Waals surface area contributed by atoms with E-state index in [1.807, 2.05) is 0 Å². The van der Waals surface area contributed by atoms with Crippen molar-refractivity contribution in [3.63, 3.8) is 0 Å². The van der Waals surface area contributed by atoms with Crippen LogP contribution in [0.4, 0.5) is 0 Å². The number of benzene rings is 5. The Balaban J connectivity index is 1.34. The van der Waals surface area contributed by atoms with Gasteiger partial charge in [-0.1, -0.05) is 0 Å². The van der Waals surface area contributed by atoms with E-state index in [0.29, 0.717) is 24.3 Å². The maximum atomic E-state index is 14.5. The van der Waals surface area contributed by atoms with Gasteiger partial charge in [0.1, 0.15) is 24.4 Å². The molecule has 27 heteroatoms. The third-order valence-corrected chi connectivity index (χ3v) is 11.0. The quantitative estimate of drug-likeness (QED) is 0.0685. The number of rotatable bonds is 4. The summed E-state index contributed by atoms with van der Waals surface area (Å²) in [6.45, 7) is -1.45. The van der Waals surface area contributed by atoms with Crippen molar-refractivity contribution in [3.05, 3.63) is 57.6 Å². The number of carboxylic acid groups (broad SMARTS) is 1. The molecule has 68 heavy (non-hydrogen) atoms. The first kappa shape index (κ1) is 45.0. The first-order chi connectivity index (χ1) is 31.9. The number of carboxylic acids is 1. The van der Waals surface area contributed by atoms with Crippen LogP contribution in [0.5, 0.6) is 92.0 Å². The zero-order valence-corrected chi connectivity index (χ0v) is 33.1. The average molecular weight is 953 g/mol. The van der Waals surface area contributed by atoms with Crippen molar-refractivity contribution < 1.29 is 134 Å². The second kappa shape index (κ2) is 15.5. The standard InChI is InChI=1S/C41H28O27/c42-10-1-7-15(24(50)21(10)47)16-6(3-13(45)33(28(16)54)65-32-9(37(58)59)4-12(44)23(49)31(32)57)38(60)64-5-14(46)34(66-39(7)61)36-35-29(55)20-19(41(63)67-35)18(26(52)30(56)27(20)53)17-8(40(62)68-36)2-11(43)22(48)25(17)51/h1-4,14,29,34-36,42-57H,5H2,(H,58,59). The van der Waals surface area contributed by atoms with Crippen molar-refractivity contribution in [2.75, 3.05) is 6.61 Å². The average Bonchev–Trinajstić information content (AvgIpc) is 3.29. The van der Waals surface area contributed by atoms with Crippen LogP contribution in [0.3, 0.4) is 0 Å². The summed E-state index contributed by atoms with van der Waals surface area (Å²) in [5.74, 6) is -31.9. The summed E-state index contributed by atoms with van der Waals surface area (Å²) in [7, 11) is 0. The lowest BCUT2D eigenvalue weighted by atomic mass is 9.82. The monoisotopic (exact) mass is 952 g/mol. The van der Waals surface area contributed by atoms with Gasteiger partial charge in [-0.15, -0.1) is 0 Å². The van der Waals surface area contributed by atoms with Gasteiger partial charge in [-0.3, -0.25) is 0 Å². The van der Waals surface area contributed by atoms with Gasteiger partial charge in [0.05, 0.1) is 22.3 Å². The molecule has 0 aliphatic carbocycles. The van der Waals surface area contributed by atoms with Crippen molar-refractivity contribution in [2.45, 2.75) is 30.5 Å². The molecular weight excluding hydrogens is 924 g/mol. The van der Waals surface area contributed by atoms with E-state index in [1.165, 1.54) is 0 Å². The zero-order valence-electron chi connectivity index (χ0n) is 33.1. The van der Waals surface area contributed by atoms with E-state index in [2.05, 4.69) is 0 Å². The predicted molar refractivity (Wildman–Crippen MR) is 209 cm³/mol. The van der Waals surface area contributed by atoms with Crippen LogP contribution in [0.25, 0.3) is 22.3 Å². The van der Waals surface area contributed by atoms with Crippen LogP contribution in [0.1, 0.15) is 63.5 Å². The van der Waals surface area contributed by atoms with Crippen LogP contribution in [0.2, 0.25) is 0 Å². The molecule has 0 spiro atoms. The summed E-state index contributed by atoms with van der Waals surface area (Å²) in [6, 6.07) is 1.42. The topological polar surface area (TPSA) is 475 Å². The van der Waals surface area contributed by atoms with E-state index >= 15 is 0 Å². The van der Waals surface area contributed by atoms with Crippen molar-refractivity contribution in [1.82, 2.24) is 0 Å². The molecule has 5 aromatic carbocycles. The Labute approximate surface area is 373 Å². The fraction of sp³-hybridized carbons (Fsp3) is 0.146. The summed E-state index contributed by atoms with van der Waals surface area (Å²) in [6.07, 6.45) is -13.0. The zero-order chi connectivity index (χ0) is 49.9. The maximum absolute atomic E-state index is 14.5. The molecule has 0 aromatic heterocycles. The highest BCUT2D eigenvalue weighted by Crippen LogP contribution is 2.59. The van der Waals surface area contributed by atoms with Gasteiger partial charge in [0.2, 0.25) is 34.5 Å². The van der Waals surface area contributed by atoms with Gasteiger partial charge >= 0.3 is 29.8 Å². The Morgan fingerprint density at radius 1 is 0.456 bits per heavy atom. The summed E-state index contributed by atoms with van der Waals surface area (Å²) in [5.41, 5.74) is -11.4. The van der Waals surface area contributed by atoms with Crippen molar-refractivity contribution in [3.8, 4) is 114 Å². The molecule has 17 N–H and O–H groups in total. The normalized spacial score (nSPS) is 19.8. The molecule has 0 saturated heterocycles. The Morgan fingerprint density at radius 2 is 0.912 bits per heavy atom. The van der Waals surface area contributed by atoms with E-state index in [9.17, 15) is 111 Å². The molecular formula is C41H28O27.